The molecular formula is C7H10O2. The summed E-state index contributed by atoms with van der Waals surface area (Å²) in [6, 6.07) is 0. The van der Waals surface area contributed by atoms with E-state index in [2.05, 4.69) is 0 Å². The number of methoxy groups -OCH3 is 1. The number of hydrogen-bond acceptors (Lipinski definition) is 2. The molecule has 0 saturated carbocycles. The molecule has 0 atom stereocenters. The highest BCUT2D eigenvalue weighted by Gasteiger charge is 1.99. The molecule has 0 unspecified atom stereocenters. The minimum Gasteiger partial charge on any atom is -0.497 e. The Balaban J connectivity index is 2.63. The standard InChI is InChI=1S/C7H10O2/c1-6-5-7(8-2)3-4-9-6/h3,5H,4H2,1-2H3. The van der Waals surface area contributed by atoms with E-state index in [1.165, 1.54) is 0 Å². The first-order valence-corrected chi connectivity index (χ1v) is 2.88. The first-order chi connectivity index (χ1) is 4.33. The highest BCUT2D eigenvalue weighted by Crippen LogP contribution is 2.09. The summed E-state index contributed by atoms with van der Waals surface area (Å²) in [6.45, 7) is 2.54. The zero-order valence-corrected chi connectivity index (χ0v) is 5.68. The number of rotatable bonds is 1. The second-order valence-electron chi connectivity index (χ2n) is 1.88. The van der Waals surface area contributed by atoms with E-state index in [0.717, 1.165) is 11.5 Å². The topological polar surface area (TPSA) is 18.5 Å². The molecule has 0 amide bonds. The van der Waals surface area contributed by atoms with E-state index < -0.39 is 0 Å². The molecule has 0 aromatic heterocycles. The molecule has 1 rings (SSSR count). The predicted molar refractivity (Wildman–Crippen MR) is 34.8 cm³/mol. The highest BCUT2D eigenvalue weighted by molar-refractivity contribution is 5.17. The van der Waals surface area contributed by atoms with Gasteiger partial charge in [-0.3, -0.25) is 0 Å². The largest absolute Gasteiger partial charge is 0.497 e. The predicted octanol–water partition coefficient (Wildman–Crippen LogP) is 1.45. The Hall–Kier alpha value is -0.920. The van der Waals surface area contributed by atoms with Crippen molar-refractivity contribution in [1.29, 1.82) is 0 Å². The zero-order valence-electron chi connectivity index (χ0n) is 5.68. The van der Waals surface area contributed by atoms with Crippen LogP contribution >= 0.6 is 0 Å². The monoisotopic (exact) mass is 126 g/mol. The van der Waals surface area contributed by atoms with Crippen molar-refractivity contribution in [2.24, 2.45) is 0 Å². The van der Waals surface area contributed by atoms with Gasteiger partial charge in [0, 0.05) is 6.08 Å². The summed E-state index contributed by atoms with van der Waals surface area (Å²) in [7, 11) is 1.65. The maximum Gasteiger partial charge on any atom is 0.121 e. The van der Waals surface area contributed by atoms with Gasteiger partial charge in [-0.05, 0) is 13.0 Å². The fourth-order valence-electron chi connectivity index (χ4n) is 0.698. The molecule has 0 aromatic carbocycles. The van der Waals surface area contributed by atoms with Gasteiger partial charge in [-0.15, -0.1) is 0 Å². The van der Waals surface area contributed by atoms with Gasteiger partial charge in [-0.2, -0.15) is 0 Å². The number of ether oxygens (including phenoxy) is 2. The van der Waals surface area contributed by atoms with Gasteiger partial charge in [-0.25, -0.2) is 0 Å². The van der Waals surface area contributed by atoms with Crippen molar-refractivity contribution in [1.82, 2.24) is 0 Å². The minimum atomic E-state index is 0.630. The van der Waals surface area contributed by atoms with Crippen LogP contribution in [0.3, 0.4) is 0 Å². The molecule has 0 fully saturated rings. The van der Waals surface area contributed by atoms with Gasteiger partial charge in [0.1, 0.15) is 12.4 Å². The zero-order chi connectivity index (χ0) is 6.69. The smallest absolute Gasteiger partial charge is 0.121 e. The van der Waals surface area contributed by atoms with Crippen molar-refractivity contribution in [3.05, 3.63) is 23.7 Å². The van der Waals surface area contributed by atoms with Crippen molar-refractivity contribution in [3.63, 3.8) is 0 Å². The summed E-state index contributed by atoms with van der Waals surface area (Å²) in [5.41, 5.74) is 0. The van der Waals surface area contributed by atoms with Gasteiger partial charge in [0.2, 0.25) is 0 Å². The Morgan fingerprint density at radius 1 is 1.67 bits per heavy atom. The molecule has 1 aliphatic heterocycles. The van der Waals surface area contributed by atoms with Crippen LogP contribution in [0.4, 0.5) is 0 Å². The van der Waals surface area contributed by atoms with E-state index >= 15 is 0 Å². The lowest BCUT2D eigenvalue weighted by molar-refractivity contribution is 0.221. The van der Waals surface area contributed by atoms with Crippen LogP contribution in [0.5, 0.6) is 0 Å². The molecule has 0 aliphatic carbocycles. The normalized spacial score (nSPS) is 17.6. The average Bonchev–Trinajstić information content (AvgIpc) is 1.88. The van der Waals surface area contributed by atoms with Gasteiger partial charge in [-0.1, -0.05) is 0 Å². The van der Waals surface area contributed by atoms with E-state index in [1.54, 1.807) is 7.11 Å². The third kappa shape index (κ3) is 1.49. The maximum atomic E-state index is 5.11. The maximum absolute atomic E-state index is 5.11. The molecule has 0 bridgehead atoms. The fourth-order valence-corrected chi connectivity index (χ4v) is 0.698. The van der Waals surface area contributed by atoms with E-state index in [1.807, 2.05) is 19.1 Å². The van der Waals surface area contributed by atoms with E-state index in [4.69, 9.17) is 9.47 Å². The Bertz CT molecular complexity index is 156. The van der Waals surface area contributed by atoms with E-state index in [0.29, 0.717) is 6.61 Å². The third-order valence-electron chi connectivity index (χ3n) is 1.18. The summed E-state index contributed by atoms with van der Waals surface area (Å²) < 4.78 is 10.1. The SMILES string of the molecule is COC1=CCOC(C)=C1. The van der Waals surface area contributed by atoms with Crippen molar-refractivity contribution in [2.45, 2.75) is 6.92 Å². The Labute approximate surface area is 54.8 Å². The van der Waals surface area contributed by atoms with Crippen molar-refractivity contribution in [2.75, 3.05) is 13.7 Å². The summed E-state index contributed by atoms with van der Waals surface area (Å²) in [4.78, 5) is 0. The van der Waals surface area contributed by atoms with Crippen molar-refractivity contribution in [3.8, 4) is 0 Å². The molecule has 50 valence electrons. The third-order valence-corrected chi connectivity index (χ3v) is 1.18. The molecule has 0 aromatic rings. The molecule has 1 heterocycles. The summed E-state index contributed by atoms with van der Waals surface area (Å²) >= 11 is 0. The molecule has 0 N–H and O–H groups in total. The molecule has 2 heteroatoms. The van der Waals surface area contributed by atoms with Gasteiger partial charge in [0.15, 0.2) is 0 Å². The number of allylic oxidation sites excluding steroid dienone is 2. The van der Waals surface area contributed by atoms with Crippen molar-refractivity contribution >= 4 is 0 Å². The second kappa shape index (κ2) is 2.58. The van der Waals surface area contributed by atoms with Crippen LogP contribution in [-0.2, 0) is 9.47 Å². The van der Waals surface area contributed by atoms with Crippen LogP contribution in [0, 0.1) is 0 Å². The lowest BCUT2D eigenvalue weighted by Gasteiger charge is -2.10. The summed E-state index contributed by atoms with van der Waals surface area (Å²) in [5, 5.41) is 0. The Kier molecular flexibility index (Phi) is 1.78. The molecule has 0 radical (unpaired) electrons. The minimum absolute atomic E-state index is 0.630. The Morgan fingerprint density at radius 2 is 2.44 bits per heavy atom. The van der Waals surface area contributed by atoms with E-state index in [9.17, 15) is 0 Å². The summed E-state index contributed by atoms with van der Waals surface area (Å²) in [6.07, 6.45) is 3.76. The lowest BCUT2D eigenvalue weighted by Crippen LogP contribution is -1.98. The molecule has 2 nitrogen and oxygen atoms in total. The fraction of sp³-hybridized carbons (Fsp3) is 0.429. The quantitative estimate of drug-likeness (QED) is 0.529. The molecule has 0 spiro atoms. The molecule has 0 saturated heterocycles. The molecular weight excluding hydrogens is 116 g/mol. The van der Waals surface area contributed by atoms with Gasteiger partial charge >= 0.3 is 0 Å². The average molecular weight is 126 g/mol. The van der Waals surface area contributed by atoms with E-state index in [-0.39, 0.29) is 0 Å². The second-order valence-corrected chi connectivity index (χ2v) is 1.88. The van der Waals surface area contributed by atoms with Crippen LogP contribution in [0.1, 0.15) is 6.92 Å². The summed E-state index contributed by atoms with van der Waals surface area (Å²) in [5.74, 6) is 1.80. The van der Waals surface area contributed by atoms with Gasteiger partial charge < -0.3 is 9.47 Å². The Morgan fingerprint density at radius 3 is 2.89 bits per heavy atom. The lowest BCUT2D eigenvalue weighted by atomic mass is 10.3. The number of hydrogen-bond donors (Lipinski definition) is 0. The van der Waals surface area contributed by atoms with Crippen molar-refractivity contribution < 1.29 is 9.47 Å². The van der Waals surface area contributed by atoms with Crippen LogP contribution in [0.2, 0.25) is 0 Å². The van der Waals surface area contributed by atoms with Crippen LogP contribution in [0.15, 0.2) is 23.7 Å². The molecule has 1 aliphatic rings. The van der Waals surface area contributed by atoms with Crippen LogP contribution < -0.4 is 0 Å². The van der Waals surface area contributed by atoms with Gasteiger partial charge in [0.05, 0.1) is 12.9 Å². The first kappa shape index (κ1) is 6.20. The first-order valence-electron chi connectivity index (χ1n) is 2.88. The van der Waals surface area contributed by atoms with Crippen LogP contribution in [0.25, 0.3) is 0 Å². The van der Waals surface area contributed by atoms with Gasteiger partial charge in [0.25, 0.3) is 0 Å². The highest BCUT2D eigenvalue weighted by atomic mass is 16.5. The van der Waals surface area contributed by atoms with Crippen LogP contribution in [-0.4, -0.2) is 13.7 Å². The molecule has 9 heavy (non-hydrogen) atoms.